The van der Waals surface area contributed by atoms with Gasteiger partial charge in [0.2, 0.25) is 10.0 Å². The van der Waals surface area contributed by atoms with Crippen molar-refractivity contribution in [3.05, 3.63) is 84.4 Å². The summed E-state index contributed by atoms with van der Waals surface area (Å²) in [4.78, 5) is 12.9. The van der Waals surface area contributed by atoms with Gasteiger partial charge in [0.1, 0.15) is 11.5 Å². The zero-order valence-corrected chi connectivity index (χ0v) is 18.6. The second kappa shape index (κ2) is 11.4. The number of sulfonamides is 1. The maximum atomic E-state index is 12.8. The van der Waals surface area contributed by atoms with E-state index in [1.54, 1.807) is 48.5 Å². The van der Waals surface area contributed by atoms with Gasteiger partial charge in [0.25, 0.3) is 5.91 Å². The van der Waals surface area contributed by atoms with Gasteiger partial charge < -0.3 is 14.8 Å². The smallest absolute Gasteiger partial charge is 0.259 e. The summed E-state index contributed by atoms with van der Waals surface area (Å²) in [5, 5.41) is 2.78. The van der Waals surface area contributed by atoms with Crippen LogP contribution < -0.4 is 14.8 Å². The van der Waals surface area contributed by atoms with E-state index >= 15 is 0 Å². The minimum Gasteiger partial charge on any atom is -0.457 e. The first kappa shape index (κ1) is 23.5. The van der Waals surface area contributed by atoms with Crippen molar-refractivity contribution >= 4 is 21.6 Å². The molecule has 8 heteroatoms. The van der Waals surface area contributed by atoms with E-state index in [-0.39, 0.29) is 10.8 Å². The van der Waals surface area contributed by atoms with Crippen molar-refractivity contribution in [3.63, 3.8) is 0 Å². The van der Waals surface area contributed by atoms with E-state index in [0.29, 0.717) is 48.9 Å². The molecule has 32 heavy (non-hydrogen) atoms. The number of carbonyl (C=O) groups excluding carboxylic acids is 1. The molecule has 3 rings (SSSR count). The molecule has 1 amide bonds. The average molecular weight is 455 g/mol. The number of anilines is 1. The van der Waals surface area contributed by atoms with E-state index in [2.05, 4.69) is 10.0 Å². The maximum Gasteiger partial charge on any atom is 0.259 e. The van der Waals surface area contributed by atoms with Gasteiger partial charge in [0.05, 0.1) is 10.5 Å². The molecule has 168 valence electrons. The predicted molar refractivity (Wildman–Crippen MR) is 124 cm³/mol. The molecule has 0 aliphatic rings. The number of carbonyl (C=O) groups is 1. The van der Waals surface area contributed by atoms with E-state index in [9.17, 15) is 13.2 Å². The molecular formula is C24H26N2O5S. The van der Waals surface area contributed by atoms with E-state index in [1.165, 1.54) is 12.1 Å². The van der Waals surface area contributed by atoms with Crippen LogP contribution in [0.15, 0.2) is 83.8 Å². The normalized spacial score (nSPS) is 11.2. The van der Waals surface area contributed by atoms with E-state index in [1.807, 2.05) is 25.1 Å². The lowest BCUT2D eigenvalue weighted by Gasteiger charge is -2.12. The second-order valence-corrected chi connectivity index (χ2v) is 8.60. The number of ether oxygens (including phenoxy) is 2. The number of para-hydroxylation sites is 2. The first-order valence-electron chi connectivity index (χ1n) is 10.3. The van der Waals surface area contributed by atoms with Crippen molar-refractivity contribution in [1.82, 2.24) is 4.72 Å². The van der Waals surface area contributed by atoms with Gasteiger partial charge in [-0.1, -0.05) is 30.3 Å². The Bertz CT molecular complexity index is 1120. The minimum atomic E-state index is -3.62. The van der Waals surface area contributed by atoms with Gasteiger partial charge in [0, 0.05) is 25.4 Å². The summed E-state index contributed by atoms with van der Waals surface area (Å²) in [6, 6.07) is 22.1. The van der Waals surface area contributed by atoms with Crippen LogP contribution in [0.2, 0.25) is 0 Å². The second-order valence-electron chi connectivity index (χ2n) is 6.84. The molecule has 0 spiro atoms. The van der Waals surface area contributed by atoms with Gasteiger partial charge in [-0.3, -0.25) is 4.79 Å². The third-order valence-corrected chi connectivity index (χ3v) is 5.96. The Morgan fingerprint density at radius 2 is 1.59 bits per heavy atom. The Balaban J connectivity index is 1.64. The lowest BCUT2D eigenvalue weighted by Crippen LogP contribution is -2.25. The van der Waals surface area contributed by atoms with Crippen LogP contribution in [0.3, 0.4) is 0 Å². The Morgan fingerprint density at radius 1 is 0.906 bits per heavy atom. The molecule has 0 radical (unpaired) electrons. The van der Waals surface area contributed by atoms with Crippen LogP contribution in [0.25, 0.3) is 0 Å². The number of hydrogen-bond acceptors (Lipinski definition) is 5. The quantitative estimate of drug-likeness (QED) is 0.418. The molecule has 3 aromatic rings. The molecule has 3 aromatic carbocycles. The van der Waals surface area contributed by atoms with Crippen molar-refractivity contribution in [2.75, 3.05) is 25.1 Å². The van der Waals surface area contributed by atoms with Crippen LogP contribution in [-0.4, -0.2) is 34.1 Å². The van der Waals surface area contributed by atoms with Crippen molar-refractivity contribution in [2.45, 2.75) is 18.2 Å². The van der Waals surface area contributed by atoms with Crippen LogP contribution in [-0.2, 0) is 14.8 Å². The Hall–Kier alpha value is -3.20. The number of nitrogens with one attached hydrogen (secondary N) is 2. The standard InChI is InChI=1S/C24H26N2O5S/c1-2-30-18-8-17-25-32(28,29)21-15-13-19(14-16-21)26-24(27)22-11-6-7-12-23(22)31-20-9-4-3-5-10-20/h3-7,9-16,25H,2,8,17-18H2,1H3,(H,26,27). The number of benzene rings is 3. The number of rotatable bonds is 11. The highest BCUT2D eigenvalue weighted by Gasteiger charge is 2.15. The molecule has 0 atom stereocenters. The Kier molecular flexibility index (Phi) is 8.38. The summed E-state index contributed by atoms with van der Waals surface area (Å²) in [5.74, 6) is 0.684. The number of hydrogen-bond donors (Lipinski definition) is 2. The van der Waals surface area contributed by atoms with Gasteiger partial charge in [0.15, 0.2) is 0 Å². The predicted octanol–water partition coefficient (Wildman–Crippen LogP) is 4.44. The lowest BCUT2D eigenvalue weighted by molar-refractivity contribution is 0.102. The largest absolute Gasteiger partial charge is 0.457 e. The van der Waals surface area contributed by atoms with Crippen molar-refractivity contribution in [1.29, 1.82) is 0 Å². The Morgan fingerprint density at radius 3 is 2.31 bits per heavy atom. The zero-order chi connectivity index (χ0) is 22.8. The van der Waals surface area contributed by atoms with Gasteiger partial charge in [-0.05, 0) is 61.9 Å². The van der Waals surface area contributed by atoms with Crippen LogP contribution in [0.4, 0.5) is 5.69 Å². The van der Waals surface area contributed by atoms with E-state index < -0.39 is 10.0 Å². The van der Waals surface area contributed by atoms with E-state index in [0.717, 1.165) is 0 Å². The summed E-state index contributed by atoms with van der Waals surface area (Å²) in [6.07, 6.45) is 0.589. The summed E-state index contributed by atoms with van der Waals surface area (Å²) >= 11 is 0. The summed E-state index contributed by atoms with van der Waals surface area (Å²) in [6.45, 7) is 3.28. The topological polar surface area (TPSA) is 93.7 Å². The van der Waals surface area contributed by atoms with Crippen LogP contribution in [0.5, 0.6) is 11.5 Å². The van der Waals surface area contributed by atoms with Gasteiger partial charge in [-0.15, -0.1) is 0 Å². The summed E-state index contributed by atoms with van der Waals surface area (Å²) in [5.41, 5.74) is 0.837. The highest BCUT2D eigenvalue weighted by Crippen LogP contribution is 2.26. The first-order valence-corrected chi connectivity index (χ1v) is 11.8. The molecule has 2 N–H and O–H groups in total. The average Bonchev–Trinajstić information content (AvgIpc) is 2.80. The fourth-order valence-corrected chi connectivity index (χ4v) is 3.96. The fraction of sp³-hybridized carbons (Fsp3) is 0.208. The van der Waals surface area contributed by atoms with Gasteiger partial charge in [-0.25, -0.2) is 13.1 Å². The molecule has 0 unspecified atom stereocenters. The minimum absolute atomic E-state index is 0.125. The molecular weight excluding hydrogens is 428 g/mol. The highest BCUT2D eigenvalue weighted by molar-refractivity contribution is 7.89. The molecule has 7 nitrogen and oxygen atoms in total. The number of amides is 1. The first-order chi connectivity index (χ1) is 15.5. The summed E-state index contributed by atoms with van der Waals surface area (Å²) < 4.78 is 38.3. The molecule has 0 saturated heterocycles. The lowest BCUT2D eigenvalue weighted by atomic mass is 10.2. The third-order valence-electron chi connectivity index (χ3n) is 4.49. The van der Waals surface area contributed by atoms with Crippen molar-refractivity contribution in [3.8, 4) is 11.5 Å². The molecule has 0 bridgehead atoms. The van der Waals surface area contributed by atoms with Gasteiger partial charge in [-0.2, -0.15) is 0 Å². The molecule has 0 saturated carbocycles. The van der Waals surface area contributed by atoms with Gasteiger partial charge >= 0.3 is 0 Å². The molecule has 0 aromatic heterocycles. The van der Waals surface area contributed by atoms with Crippen molar-refractivity contribution < 1.29 is 22.7 Å². The fourth-order valence-electron chi connectivity index (χ4n) is 2.88. The summed E-state index contributed by atoms with van der Waals surface area (Å²) in [7, 11) is -3.62. The van der Waals surface area contributed by atoms with Crippen molar-refractivity contribution in [2.24, 2.45) is 0 Å². The van der Waals surface area contributed by atoms with Crippen LogP contribution in [0, 0.1) is 0 Å². The van der Waals surface area contributed by atoms with Crippen LogP contribution >= 0.6 is 0 Å². The Labute approximate surface area is 188 Å². The highest BCUT2D eigenvalue weighted by atomic mass is 32.2. The molecule has 0 aliphatic heterocycles. The molecule has 0 aliphatic carbocycles. The van der Waals surface area contributed by atoms with Crippen LogP contribution in [0.1, 0.15) is 23.7 Å². The zero-order valence-electron chi connectivity index (χ0n) is 17.8. The van der Waals surface area contributed by atoms with E-state index in [4.69, 9.17) is 9.47 Å². The SMILES string of the molecule is CCOCCCNS(=O)(=O)c1ccc(NC(=O)c2ccccc2Oc2ccccc2)cc1. The molecule has 0 heterocycles. The molecule has 0 fully saturated rings. The third kappa shape index (κ3) is 6.65. The maximum absolute atomic E-state index is 12.8. The monoisotopic (exact) mass is 454 g/mol.